The van der Waals surface area contributed by atoms with Crippen molar-refractivity contribution in [3.8, 4) is 0 Å². The number of fused-ring (bicyclic) bond motifs is 1. The first-order valence-electron chi connectivity index (χ1n) is 8.14. The normalized spacial score (nSPS) is 19.7. The van der Waals surface area contributed by atoms with Crippen LogP contribution in [0.25, 0.3) is 10.2 Å². The highest BCUT2D eigenvalue weighted by Gasteiger charge is 2.19. The van der Waals surface area contributed by atoms with Crippen molar-refractivity contribution in [1.29, 1.82) is 0 Å². The standard InChI is InChI=1S/C17H24N4S/c1-4-12(2)19-20-17-18-15-9-8-14(11-16(15)22-17)21-10-6-5-7-13(21)3/h8-9,11,13H,4-7,10H2,1-3H3,(H,18,20)/b19-12+. The molecule has 1 atom stereocenters. The first-order chi connectivity index (χ1) is 10.7. The molecule has 2 aromatic rings. The number of rotatable bonds is 4. The molecule has 1 aliphatic rings. The number of hydrazone groups is 1. The summed E-state index contributed by atoms with van der Waals surface area (Å²) in [5.41, 5.74) is 6.53. The van der Waals surface area contributed by atoms with Gasteiger partial charge in [0, 0.05) is 24.0 Å². The number of hydrogen-bond donors (Lipinski definition) is 1. The summed E-state index contributed by atoms with van der Waals surface area (Å²) in [4.78, 5) is 7.13. The van der Waals surface area contributed by atoms with Gasteiger partial charge < -0.3 is 4.90 Å². The molecule has 1 aromatic heterocycles. The van der Waals surface area contributed by atoms with E-state index in [0.29, 0.717) is 6.04 Å². The maximum Gasteiger partial charge on any atom is 0.204 e. The van der Waals surface area contributed by atoms with Crippen LogP contribution in [0.5, 0.6) is 0 Å². The van der Waals surface area contributed by atoms with E-state index in [2.05, 4.69) is 52.5 Å². The molecule has 0 radical (unpaired) electrons. The highest BCUT2D eigenvalue weighted by molar-refractivity contribution is 7.22. The van der Waals surface area contributed by atoms with Gasteiger partial charge in [0.1, 0.15) is 0 Å². The molecule has 0 aliphatic carbocycles. The van der Waals surface area contributed by atoms with E-state index in [1.165, 1.54) is 29.6 Å². The molecule has 1 N–H and O–H groups in total. The zero-order chi connectivity index (χ0) is 15.5. The third-order valence-corrected chi connectivity index (χ3v) is 5.28. The Morgan fingerprint density at radius 2 is 2.32 bits per heavy atom. The van der Waals surface area contributed by atoms with Crippen molar-refractivity contribution in [2.75, 3.05) is 16.9 Å². The molecule has 0 amide bonds. The topological polar surface area (TPSA) is 40.5 Å². The third kappa shape index (κ3) is 3.24. The molecule has 1 aromatic carbocycles. The smallest absolute Gasteiger partial charge is 0.204 e. The zero-order valence-electron chi connectivity index (χ0n) is 13.6. The van der Waals surface area contributed by atoms with Crippen molar-refractivity contribution in [3.05, 3.63) is 18.2 Å². The third-order valence-electron chi connectivity index (χ3n) is 4.36. The molecule has 4 nitrogen and oxygen atoms in total. The molecule has 3 rings (SSSR count). The Kier molecular flexibility index (Phi) is 4.62. The van der Waals surface area contributed by atoms with Gasteiger partial charge in [-0.2, -0.15) is 5.10 Å². The number of nitrogens with one attached hydrogen (secondary N) is 1. The molecule has 1 fully saturated rings. The Morgan fingerprint density at radius 3 is 3.09 bits per heavy atom. The van der Waals surface area contributed by atoms with Crippen molar-refractivity contribution in [2.24, 2.45) is 5.10 Å². The van der Waals surface area contributed by atoms with Gasteiger partial charge >= 0.3 is 0 Å². The fraction of sp³-hybridized carbons (Fsp3) is 0.529. The van der Waals surface area contributed by atoms with Crippen LogP contribution in [0.3, 0.4) is 0 Å². The molecule has 1 aliphatic heterocycles. The number of aromatic nitrogens is 1. The quantitative estimate of drug-likeness (QED) is 0.646. The summed E-state index contributed by atoms with van der Waals surface area (Å²) in [6.07, 6.45) is 4.89. The van der Waals surface area contributed by atoms with Crippen LogP contribution in [-0.4, -0.2) is 23.3 Å². The average molecular weight is 316 g/mol. The molecular formula is C17H24N4S. The Morgan fingerprint density at radius 1 is 1.45 bits per heavy atom. The summed E-state index contributed by atoms with van der Waals surface area (Å²) in [5, 5.41) is 5.20. The molecule has 5 heteroatoms. The van der Waals surface area contributed by atoms with Crippen LogP contribution < -0.4 is 10.3 Å². The van der Waals surface area contributed by atoms with Gasteiger partial charge in [-0.05, 0) is 57.7 Å². The average Bonchev–Trinajstić information content (AvgIpc) is 2.95. The predicted octanol–water partition coefficient (Wildman–Crippen LogP) is 4.87. The van der Waals surface area contributed by atoms with E-state index >= 15 is 0 Å². The van der Waals surface area contributed by atoms with E-state index in [-0.39, 0.29) is 0 Å². The summed E-state index contributed by atoms with van der Waals surface area (Å²) >= 11 is 1.67. The molecule has 1 unspecified atom stereocenters. The lowest BCUT2D eigenvalue weighted by Gasteiger charge is -2.35. The van der Waals surface area contributed by atoms with Crippen molar-refractivity contribution in [1.82, 2.24) is 4.98 Å². The van der Waals surface area contributed by atoms with Crippen LogP contribution in [0.4, 0.5) is 10.8 Å². The molecule has 0 bridgehead atoms. The molecule has 0 saturated carbocycles. The van der Waals surface area contributed by atoms with Crippen molar-refractivity contribution >= 4 is 38.1 Å². The van der Waals surface area contributed by atoms with E-state index < -0.39 is 0 Å². The number of thiazole rings is 1. The van der Waals surface area contributed by atoms with Crippen LogP contribution in [0.1, 0.15) is 46.5 Å². The van der Waals surface area contributed by atoms with Gasteiger partial charge in [-0.3, -0.25) is 5.43 Å². The van der Waals surface area contributed by atoms with Gasteiger partial charge in [0.05, 0.1) is 10.2 Å². The van der Waals surface area contributed by atoms with Crippen molar-refractivity contribution < 1.29 is 0 Å². The zero-order valence-corrected chi connectivity index (χ0v) is 14.4. The van der Waals surface area contributed by atoms with Gasteiger partial charge in [0.15, 0.2) is 0 Å². The summed E-state index contributed by atoms with van der Waals surface area (Å²) < 4.78 is 1.22. The number of hydrogen-bond acceptors (Lipinski definition) is 5. The summed E-state index contributed by atoms with van der Waals surface area (Å²) in [6.45, 7) is 7.61. The van der Waals surface area contributed by atoms with Crippen LogP contribution in [0, 0.1) is 0 Å². The second-order valence-electron chi connectivity index (χ2n) is 6.02. The lowest BCUT2D eigenvalue weighted by molar-refractivity contribution is 0.485. The van der Waals surface area contributed by atoms with Gasteiger partial charge in [0.2, 0.25) is 5.13 Å². The number of benzene rings is 1. The van der Waals surface area contributed by atoms with E-state index in [9.17, 15) is 0 Å². The van der Waals surface area contributed by atoms with Gasteiger partial charge in [0.25, 0.3) is 0 Å². The minimum atomic E-state index is 0.633. The number of piperidine rings is 1. The first-order valence-corrected chi connectivity index (χ1v) is 8.95. The monoisotopic (exact) mass is 316 g/mol. The second-order valence-corrected chi connectivity index (χ2v) is 7.05. The minimum absolute atomic E-state index is 0.633. The maximum absolute atomic E-state index is 4.61. The highest BCUT2D eigenvalue weighted by atomic mass is 32.1. The maximum atomic E-state index is 4.61. The van der Waals surface area contributed by atoms with E-state index in [1.54, 1.807) is 11.3 Å². The van der Waals surface area contributed by atoms with Crippen LogP contribution in [-0.2, 0) is 0 Å². The van der Waals surface area contributed by atoms with E-state index in [1.807, 2.05) is 6.92 Å². The first kappa shape index (κ1) is 15.3. The molecule has 2 heterocycles. The van der Waals surface area contributed by atoms with Gasteiger partial charge in [-0.25, -0.2) is 4.98 Å². The Balaban J connectivity index is 1.83. The summed E-state index contributed by atoms with van der Waals surface area (Å²) in [7, 11) is 0. The van der Waals surface area contributed by atoms with Crippen LogP contribution in [0.15, 0.2) is 23.3 Å². The number of anilines is 2. The Hall–Kier alpha value is -1.62. The molecule has 0 spiro atoms. The SMILES string of the molecule is CC/C(C)=N/Nc1nc2ccc(N3CCCCC3C)cc2s1. The Labute approximate surface area is 136 Å². The lowest BCUT2D eigenvalue weighted by Crippen LogP contribution is -2.37. The fourth-order valence-corrected chi connectivity index (χ4v) is 3.69. The van der Waals surface area contributed by atoms with E-state index in [4.69, 9.17) is 0 Å². The van der Waals surface area contributed by atoms with Crippen molar-refractivity contribution in [3.63, 3.8) is 0 Å². The second kappa shape index (κ2) is 6.65. The highest BCUT2D eigenvalue weighted by Crippen LogP contribution is 2.32. The molecule has 22 heavy (non-hydrogen) atoms. The van der Waals surface area contributed by atoms with Crippen molar-refractivity contribution in [2.45, 2.75) is 52.5 Å². The molecule has 1 saturated heterocycles. The summed E-state index contributed by atoms with van der Waals surface area (Å²) in [6, 6.07) is 7.24. The summed E-state index contributed by atoms with van der Waals surface area (Å²) in [5.74, 6) is 0. The minimum Gasteiger partial charge on any atom is -0.369 e. The predicted molar refractivity (Wildman–Crippen MR) is 97.3 cm³/mol. The molecule has 118 valence electrons. The van der Waals surface area contributed by atoms with Gasteiger partial charge in [-0.15, -0.1) is 0 Å². The largest absolute Gasteiger partial charge is 0.369 e. The van der Waals surface area contributed by atoms with Crippen LogP contribution in [0.2, 0.25) is 0 Å². The van der Waals surface area contributed by atoms with Gasteiger partial charge in [-0.1, -0.05) is 18.3 Å². The Bertz CT molecular complexity index is 676. The van der Waals surface area contributed by atoms with E-state index in [0.717, 1.165) is 29.3 Å². The molecular weight excluding hydrogens is 292 g/mol. The lowest BCUT2D eigenvalue weighted by atomic mass is 10.0. The van der Waals surface area contributed by atoms with Crippen LogP contribution >= 0.6 is 11.3 Å². The number of nitrogens with zero attached hydrogens (tertiary/aromatic N) is 3. The fourth-order valence-electron chi connectivity index (χ4n) is 2.84.